The molecular weight excluding hydrogens is 430 g/mol. The van der Waals surface area contributed by atoms with Gasteiger partial charge in [0.15, 0.2) is 0 Å². The van der Waals surface area contributed by atoms with Crippen molar-refractivity contribution in [2.24, 2.45) is 0 Å². The molecule has 0 saturated heterocycles. The summed E-state index contributed by atoms with van der Waals surface area (Å²) in [5, 5.41) is 3.26. The number of ether oxygens (including phenoxy) is 2. The van der Waals surface area contributed by atoms with E-state index in [1.807, 2.05) is 60.7 Å². The van der Waals surface area contributed by atoms with Crippen LogP contribution >= 0.6 is 0 Å². The van der Waals surface area contributed by atoms with Crippen LogP contribution in [0.3, 0.4) is 0 Å². The lowest BCUT2D eigenvalue weighted by atomic mass is 10.1. The highest BCUT2D eigenvalue weighted by atomic mass is 16.5. The van der Waals surface area contributed by atoms with E-state index in [1.54, 1.807) is 32.6 Å². The van der Waals surface area contributed by atoms with Gasteiger partial charge in [0, 0.05) is 18.4 Å². The minimum Gasteiger partial charge on any atom is -0.496 e. The van der Waals surface area contributed by atoms with Gasteiger partial charge in [0.2, 0.25) is 0 Å². The average Bonchev–Trinajstić information content (AvgIpc) is 3.38. The molecule has 4 rings (SSSR count). The molecule has 0 bridgehead atoms. The van der Waals surface area contributed by atoms with Crippen molar-refractivity contribution >= 4 is 11.8 Å². The minimum absolute atomic E-state index is 0.282. The molecule has 0 fully saturated rings. The van der Waals surface area contributed by atoms with Crippen molar-refractivity contribution in [2.45, 2.75) is 25.8 Å². The molecule has 0 amide bonds. The first-order chi connectivity index (χ1) is 16.7. The number of methoxy groups -OCH3 is 1. The Bertz CT molecular complexity index is 1210. The van der Waals surface area contributed by atoms with Crippen molar-refractivity contribution in [3.63, 3.8) is 0 Å². The monoisotopic (exact) mass is 457 g/mol. The molecule has 7 nitrogen and oxygen atoms in total. The molecule has 0 saturated carbocycles. The van der Waals surface area contributed by atoms with Crippen LogP contribution in [0, 0.1) is 0 Å². The van der Waals surface area contributed by atoms with Crippen LogP contribution in [0.25, 0.3) is 11.3 Å². The predicted octanol–water partition coefficient (Wildman–Crippen LogP) is 4.92. The molecular formula is C27H27N3O4. The Balaban J connectivity index is 1.71. The highest BCUT2D eigenvalue weighted by Gasteiger charge is 2.24. The van der Waals surface area contributed by atoms with Gasteiger partial charge in [-0.2, -0.15) is 0 Å². The third-order valence-electron chi connectivity index (χ3n) is 5.31. The maximum absolute atomic E-state index is 12.7. The second-order valence-corrected chi connectivity index (χ2v) is 7.65. The maximum atomic E-state index is 12.7. The van der Waals surface area contributed by atoms with Gasteiger partial charge in [-0.1, -0.05) is 42.5 Å². The summed E-state index contributed by atoms with van der Waals surface area (Å²) < 4.78 is 16.3. The molecule has 4 aromatic rings. The van der Waals surface area contributed by atoms with E-state index in [2.05, 4.69) is 10.3 Å². The second kappa shape index (κ2) is 11.1. The lowest BCUT2D eigenvalue weighted by molar-refractivity contribution is -0.144. The maximum Gasteiger partial charge on any atom is 0.329 e. The number of carbonyl (C=O) groups is 1. The van der Waals surface area contributed by atoms with Gasteiger partial charge < -0.3 is 19.2 Å². The Morgan fingerprint density at radius 2 is 1.85 bits per heavy atom. The Labute approximate surface area is 198 Å². The van der Waals surface area contributed by atoms with E-state index in [4.69, 9.17) is 18.9 Å². The van der Waals surface area contributed by atoms with Crippen molar-refractivity contribution in [2.75, 3.05) is 19.0 Å². The highest BCUT2D eigenvalue weighted by Crippen LogP contribution is 2.29. The van der Waals surface area contributed by atoms with E-state index in [0.29, 0.717) is 41.6 Å². The molecule has 2 heterocycles. The standard InChI is InChI=1S/C27H27N3O4/c1-3-33-27(31)23(17-20-12-9-15-34-20)30-26-22(16-19-10-5-4-6-11-19)29-24(18-28-26)21-13-7-8-14-25(21)32-2/h4-15,18,23H,3,16-17H2,1-2H3,(H,28,30). The van der Waals surface area contributed by atoms with Crippen molar-refractivity contribution < 1.29 is 18.7 Å². The summed E-state index contributed by atoms with van der Waals surface area (Å²) in [6.45, 7) is 2.06. The molecule has 0 spiro atoms. The van der Waals surface area contributed by atoms with E-state index < -0.39 is 6.04 Å². The van der Waals surface area contributed by atoms with Crippen molar-refractivity contribution in [3.8, 4) is 17.0 Å². The van der Waals surface area contributed by atoms with Gasteiger partial charge in [0.1, 0.15) is 23.4 Å². The summed E-state index contributed by atoms with van der Waals surface area (Å²) in [5.74, 6) is 1.53. The summed E-state index contributed by atoms with van der Waals surface area (Å²) in [7, 11) is 1.63. The Kier molecular flexibility index (Phi) is 7.55. The molecule has 0 aliphatic rings. The van der Waals surface area contributed by atoms with Crippen LogP contribution in [-0.4, -0.2) is 35.7 Å². The van der Waals surface area contributed by atoms with Crippen molar-refractivity contribution in [1.29, 1.82) is 0 Å². The predicted molar refractivity (Wildman–Crippen MR) is 130 cm³/mol. The van der Waals surface area contributed by atoms with Crippen LogP contribution < -0.4 is 10.1 Å². The van der Waals surface area contributed by atoms with Gasteiger partial charge >= 0.3 is 5.97 Å². The molecule has 2 aromatic carbocycles. The van der Waals surface area contributed by atoms with Crippen LogP contribution in [0.1, 0.15) is 23.9 Å². The first-order valence-corrected chi connectivity index (χ1v) is 11.2. The zero-order valence-corrected chi connectivity index (χ0v) is 19.2. The third-order valence-corrected chi connectivity index (χ3v) is 5.31. The molecule has 34 heavy (non-hydrogen) atoms. The Morgan fingerprint density at radius 1 is 1.06 bits per heavy atom. The van der Waals surface area contributed by atoms with Crippen molar-refractivity contribution in [1.82, 2.24) is 9.97 Å². The van der Waals surface area contributed by atoms with Crippen LogP contribution in [0.15, 0.2) is 83.6 Å². The molecule has 1 unspecified atom stereocenters. The topological polar surface area (TPSA) is 86.5 Å². The summed E-state index contributed by atoms with van der Waals surface area (Å²) in [6.07, 6.45) is 4.13. The normalized spacial score (nSPS) is 11.6. The molecule has 7 heteroatoms. The van der Waals surface area contributed by atoms with Crippen LogP contribution in [0.4, 0.5) is 5.82 Å². The minimum atomic E-state index is -0.674. The summed E-state index contributed by atoms with van der Waals surface area (Å²) in [5.41, 5.74) is 3.32. The van der Waals surface area contributed by atoms with Crippen LogP contribution in [0.5, 0.6) is 5.75 Å². The molecule has 1 N–H and O–H groups in total. The summed E-state index contributed by atoms with van der Waals surface area (Å²) in [6, 6.07) is 20.6. The third kappa shape index (κ3) is 5.61. The van der Waals surface area contributed by atoms with E-state index in [-0.39, 0.29) is 12.6 Å². The van der Waals surface area contributed by atoms with E-state index in [1.165, 1.54) is 0 Å². The fraction of sp³-hybridized carbons (Fsp3) is 0.222. The molecule has 0 aliphatic carbocycles. The lowest BCUT2D eigenvalue weighted by Crippen LogP contribution is -2.34. The van der Waals surface area contributed by atoms with Gasteiger partial charge in [-0.3, -0.25) is 0 Å². The number of hydrogen-bond donors (Lipinski definition) is 1. The number of hydrogen-bond acceptors (Lipinski definition) is 7. The number of rotatable bonds is 10. The Morgan fingerprint density at radius 3 is 2.59 bits per heavy atom. The largest absolute Gasteiger partial charge is 0.496 e. The van der Waals surface area contributed by atoms with Gasteiger partial charge in [0.05, 0.1) is 37.6 Å². The van der Waals surface area contributed by atoms with Gasteiger partial charge in [0.25, 0.3) is 0 Å². The zero-order valence-electron chi connectivity index (χ0n) is 19.2. The number of carbonyl (C=O) groups excluding carboxylic acids is 1. The SMILES string of the molecule is CCOC(=O)C(Cc1ccco1)Nc1ncc(-c2ccccc2OC)nc1Cc1ccccc1. The second-order valence-electron chi connectivity index (χ2n) is 7.65. The van der Waals surface area contributed by atoms with Crippen LogP contribution in [-0.2, 0) is 22.4 Å². The van der Waals surface area contributed by atoms with Crippen molar-refractivity contribution in [3.05, 3.63) is 96.2 Å². The summed E-state index contributed by atoms with van der Waals surface area (Å²) in [4.78, 5) is 22.3. The van der Waals surface area contributed by atoms with Crippen LogP contribution in [0.2, 0.25) is 0 Å². The average molecular weight is 458 g/mol. The highest BCUT2D eigenvalue weighted by molar-refractivity contribution is 5.79. The van der Waals surface area contributed by atoms with Gasteiger partial charge in [-0.15, -0.1) is 0 Å². The quantitative estimate of drug-likeness (QED) is 0.338. The first kappa shape index (κ1) is 23.0. The van der Waals surface area contributed by atoms with Gasteiger partial charge in [-0.05, 0) is 36.8 Å². The van der Waals surface area contributed by atoms with E-state index in [0.717, 1.165) is 11.1 Å². The first-order valence-electron chi connectivity index (χ1n) is 11.2. The number of furan rings is 1. The van der Waals surface area contributed by atoms with Gasteiger partial charge in [-0.25, -0.2) is 14.8 Å². The number of nitrogens with one attached hydrogen (secondary N) is 1. The molecule has 1 atom stereocenters. The zero-order chi connectivity index (χ0) is 23.8. The number of benzene rings is 2. The van der Waals surface area contributed by atoms with E-state index in [9.17, 15) is 4.79 Å². The number of nitrogens with zero attached hydrogens (tertiary/aromatic N) is 2. The molecule has 0 aliphatic heterocycles. The number of para-hydroxylation sites is 1. The summed E-state index contributed by atoms with van der Waals surface area (Å²) >= 11 is 0. The van der Waals surface area contributed by atoms with E-state index >= 15 is 0 Å². The fourth-order valence-corrected chi connectivity index (χ4v) is 3.68. The number of esters is 1. The Hall–Kier alpha value is -4.13. The number of anilines is 1. The molecule has 174 valence electrons. The smallest absolute Gasteiger partial charge is 0.329 e. The molecule has 2 aromatic heterocycles. The fourth-order valence-electron chi connectivity index (χ4n) is 3.68. The lowest BCUT2D eigenvalue weighted by Gasteiger charge is -2.19. The number of aromatic nitrogens is 2. The molecule has 0 radical (unpaired) electrons.